The summed E-state index contributed by atoms with van der Waals surface area (Å²) in [5.74, 6) is -0.575. The van der Waals surface area contributed by atoms with Gasteiger partial charge < -0.3 is 14.7 Å². The predicted molar refractivity (Wildman–Crippen MR) is 103 cm³/mol. The van der Waals surface area contributed by atoms with Gasteiger partial charge in [0.1, 0.15) is 12.2 Å². The van der Waals surface area contributed by atoms with Crippen LogP contribution in [0.1, 0.15) is 12.0 Å². The van der Waals surface area contributed by atoms with E-state index < -0.39 is 0 Å². The van der Waals surface area contributed by atoms with Crippen LogP contribution in [0.2, 0.25) is 0 Å². The summed E-state index contributed by atoms with van der Waals surface area (Å²) in [4.78, 5) is 30.2. The van der Waals surface area contributed by atoms with Crippen molar-refractivity contribution in [1.29, 1.82) is 0 Å². The number of halogens is 1. The summed E-state index contributed by atoms with van der Waals surface area (Å²) in [6.07, 6.45) is -0.111. The molecule has 2 aromatic rings. The Hall–Kier alpha value is -2.89. The van der Waals surface area contributed by atoms with E-state index >= 15 is 0 Å². The van der Waals surface area contributed by atoms with Crippen molar-refractivity contribution in [2.45, 2.75) is 13.0 Å². The Morgan fingerprint density at radius 3 is 2.22 bits per heavy atom. The molecule has 1 aliphatic rings. The Labute approximate surface area is 159 Å². The summed E-state index contributed by atoms with van der Waals surface area (Å²) < 4.78 is 13.0. The third-order valence-corrected chi connectivity index (χ3v) is 4.81. The van der Waals surface area contributed by atoms with Crippen molar-refractivity contribution in [3.63, 3.8) is 0 Å². The standard InChI is InChI=1S/C21H24FN3O2/c1-23(16-17-5-3-2-4-6-17)20(26)15-21(27)25-13-11-24(12-14-25)19-9-7-18(22)8-10-19/h2-10H,11-16H2,1H3. The highest BCUT2D eigenvalue weighted by Crippen LogP contribution is 2.17. The molecule has 0 aromatic heterocycles. The molecule has 0 radical (unpaired) electrons. The second-order valence-corrected chi connectivity index (χ2v) is 6.76. The van der Waals surface area contributed by atoms with Gasteiger partial charge in [-0.05, 0) is 29.8 Å². The molecule has 27 heavy (non-hydrogen) atoms. The van der Waals surface area contributed by atoms with Crippen LogP contribution in [0.3, 0.4) is 0 Å². The van der Waals surface area contributed by atoms with E-state index in [2.05, 4.69) is 4.90 Å². The van der Waals surface area contributed by atoms with E-state index in [9.17, 15) is 14.0 Å². The molecule has 0 saturated carbocycles. The monoisotopic (exact) mass is 369 g/mol. The lowest BCUT2D eigenvalue weighted by molar-refractivity contribution is -0.140. The maximum Gasteiger partial charge on any atom is 0.232 e. The van der Waals surface area contributed by atoms with E-state index in [1.165, 1.54) is 12.1 Å². The van der Waals surface area contributed by atoms with Gasteiger partial charge in [0.25, 0.3) is 0 Å². The van der Waals surface area contributed by atoms with Gasteiger partial charge in [0.15, 0.2) is 0 Å². The fourth-order valence-corrected chi connectivity index (χ4v) is 3.19. The van der Waals surface area contributed by atoms with Gasteiger partial charge in [-0.1, -0.05) is 30.3 Å². The molecule has 0 spiro atoms. The van der Waals surface area contributed by atoms with E-state index in [0.717, 1.165) is 11.3 Å². The molecule has 6 heteroatoms. The first-order valence-electron chi connectivity index (χ1n) is 9.09. The van der Waals surface area contributed by atoms with E-state index in [1.54, 1.807) is 29.0 Å². The van der Waals surface area contributed by atoms with Crippen molar-refractivity contribution < 1.29 is 14.0 Å². The van der Waals surface area contributed by atoms with Gasteiger partial charge in [-0.25, -0.2) is 4.39 Å². The van der Waals surface area contributed by atoms with Crippen LogP contribution < -0.4 is 4.90 Å². The fourth-order valence-electron chi connectivity index (χ4n) is 3.19. The molecule has 0 bridgehead atoms. The SMILES string of the molecule is CN(Cc1ccccc1)C(=O)CC(=O)N1CCN(c2ccc(F)cc2)CC1. The van der Waals surface area contributed by atoms with Crippen molar-refractivity contribution in [1.82, 2.24) is 9.80 Å². The Morgan fingerprint density at radius 1 is 0.963 bits per heavy atom. The zero-order valence-electron chi connectivity index (χ0n) is 15.5. The van der Waals surface area contributed by atoms with Crippen LogP contribution in [0.25, 0.3) is 0 Å². The fraction of sp³-hybridized carbons (Fsp3) is 0.333. The molecule has 3 rings (SSSR count). The second-order valence-electron chi connectivity index (χ2n) is 6.76. The van der Waals surface area contributed by atoms with Crippen LogP contribution in [0.4, 0.5) is 10.1 Å². The minimum atomic E-state index is -0.259. The summed E-state index contributed by atoms with van der Waals surface area (Å²) in [5.41, 5.74) is 1.98. The molecule has 0 aliphatic carbocycles. The molecular formula is C21H24FN3O2. The van der Waals surface area contributed by atoms with Crippen molar-refractivity contribution in [3.05, 3.63) is 66.0 Å². The zero-order chi connectivity index (χ0) is 19.2. The largest absolute Gasteiger partial charge is 0.368 e. The molecule has 0 atom stereocenters. The molecule has 1 saturated heterocycles. The van der Waals surface area contributed by atoms with Crippen LogP contribution in [0, 0.1) is 5.82 Å². The summed E-state index contributed by atoms with van der Waals surface area (Å²) in [6, 6.07) is 16.1. The Kier molecular flexibility index (Phi) is 6.06. The maximum atomic E-state index is 13.0. The number of hydrogen-bond donors (Lipinski definition) is 0. The number of piperazine rings is 1. The lowest BCUT2D eigenvalue weighted by atomic mass is 10.2. The molecule has 2 aromatic carbocycles. The Morgan fingerprint density at radius 2 is 1.59 bits per heavy atom. The number of benzene rings is 2. The number of amides is 2. The molecule has 2 amide bonds. The van der Waals surface area contributed by atoms with Crippen LogP contribution >= 0.6 is 0 Å². The molecule has 5 nitrogen and oxygen atoms in total. The summed E-state index contributed by atoms with van der Waals surface area (Å²) in [6.45, 7) is 2.96. The lowest BCUT2D eigenvalue weighted by Gasteiger charge is -2.36. The average molecular weight is 369 g/mol. The van der Waals surface area contributed by atoms with Gasteiger partial charge in [0, 0.05) is 45.5 Å². The van der Waals surface area contributed by atoms with Crippen LogP contribution in [-0.2, 0) is 16.1 Å². The van der Waals surface area contributed by atoms with Crippen LogP contribution in [0.15, 0.2) is 54.6 Å². The van der Waals surface area contributed by atoms with Crippen molar-refractivity contribution in [3.8, 4) is 0 Å². The minimum Gasteiger partial charge on any atom is -0.368 e. The molecular weight excluding hydrogens is 345 g/mol. The molecule has 1 heterocycles. The van der Waals surface area contributed by atoms with Crippen molar-refractivity contribution in [2.75, 3.05) is 38.1 Å². The van der Waals surface area contributed by atoms with Crippen LogP contribution in [-0.4, -0.2) is 54.8 Å². The Balaban J connectivity index is 1.47. The third-order valence-electron chi connectivity index (χ3n) is 4.81. The summed E-state index contributed by atoms with van der Waals surface area (Å²) >= 11 is 0. The molecule has 0 N–H and O–H groups in total. The zero-order valence-corrected chi connectivity index (χ0v) is 15.5. The third kappa shape index (κ3) is 5.06. The van der Waals surface area contributed by atoms with E-state index in [-0.39, 0.29) is 24.1 Å². The van der Waals surface area contributed by atoms with Gasteiger partial charge in [0.05, 0.1) is 0 Å². The van der Waals surface area contributed by atoms with Gasteiger partial charge in [-0.3, -0.25) is 9.59 Å². The van der Waals surface area contributed by atoms with Gasteiger partial charge in [-0.2, -0.15) is 0 Å². The minimum absolute atomic E-state index is 0.111. The number of rotatable bonds is 5. The number of anilines is 1. The summed E-state index contributed by atoms with van der Waals surface area (Å²) in [5, 5.41) is 0. The first-order valence-corrected chi connectivity index (χ1v) is 9.09. The first kappa shape index (κ1) is 18.9. The van der Waals surface area contributed by atoms with Crippen LogP contribution in [0.5, 0.6) is 0 Å². The molecule has 1 fully saturated rings. The number of hydrogen-bond acceptors (Lipinski definition) is 3. The number of carbonyl (C=O) groups excluding carboxylic acids is 2. The maximum absolute atomic E-state index is 13.0. The van der Waals surface area contributed by atoms with E-state index in [4.69, 9.17) is 0 Å². The first-order chi connectivity index (χ1) is 13.0. The molecule has 1 aliphatic heterocycles. The number of nitrogens with zero attached hydrogens (tertiary/aromatic N) is 3. The topological polar surface area (TPSA) is 43.9 Å². The highest BCUT2D eigenvalue weighted by Gasteiger charge is 2.24. The average Bonchev–Trinajstić information content (AvgIpc) is 2.69. The highest BCUT2D eigenvalue weighted by molar-refractivity contribution is 5.96. The Bertz CT molecular complexity index is 772. The second kappa shape index (κ2) is 8.66. The smallest absolute Gasteiger partial charge is 0.232 e. The predicted octanol–water partition coefficient (Wildman–Crippen LogP) is 2.52. The van der Waals surface area contributed by atoms with Gasteiger partial charge in [-0.15, -0.1) is 0 Å². The highest BCUT2D eigenvalue weighted by atomic mass is 19.1. The number of carbonyl (C=O) groups is 2. The van der Waals surface area contributed by atoms with Gasteiger partial charge in [0.2, 0.25) is 11.8 Å². The van der Waals surface area contributed by atoms with Crippen molar-refractivity contribution >= 4 is 17.5 Å². The van der Waals surface area contributed by atoms with E-state index in [1.807, 2.05) is 30.3 Å². The molecule has 142 valence electrons. The lowest BCUT2D eigenvalue weighted by Crippen LogP contribution is -2.49. The summed E-state index contributed by atoms with van der Waals surface area (Å²) in [7, 11) is 1.72. The quantitative estimate of drug-likeness (QED) is 0.761. The van der Waals surface area contributed by atoms with Crippen molar-refractivity contribution in [2.24, 2.45) is 0 Å². The van der Waals surface area contributed by atoms with Gasteiger partial charge >= 0.3 is 0 Å². The normalized spacial score (nSPS) is 14.1. The van der Waals surface area contributed by atoms with E-state index in [0.29, 0.717) is 32.7 Å². The molecule has 0 unspecified atom stereocenters.